The number of aromatic nitrogens is 4. The summed E-state index contributed by atoms with van der Waals surface area (Å²) in [6.45, 7) is 1.86. The Kier molecular flexibility index (Phi) is 8.02. The van der Waals surface area contributed by atoms with Crippen LogP contribution in [0.15, 0.2) is 90.1 Å². The molecule has 3 heterocycles. The molecule has 0 spiro atoms. The number of hydrogen-bond acceptors (Lipinski definition) is 5. The lowest BCUT2D eigenvalue weighted by Crippen LogP contribution is -2.18. The Morgan fingerprint density at radius 3 is 2.23 bits per heavy atom. The lowest BCUT2D eigenvalue weighted by atomic mass is 10.1. The minimum atomic E-state index is -4.98. The number of halogens is 6. The highest BCUT2D eigenvalue weighted by atomic mass is 32.2. The SMILES string of the molecule is Cc1ccc(SCc2ccc(-c3ccc(C(F)(F)F)cc3)cn2)c(-c2cccc(-n3ncc(C(=O)O)c3C(F)(F)F)n2)c1. The van der Waals surface area contributed by atoms with Crippen molar-refractivity contribution in [3.05, 3.63) is 113 Å². The van der Waals surface area contributed by atoms with Gasteiger partial charge in [0.2, 0.25) is 0 Å². The summed E-state index contributed by atoms with van der Waals surface area (Å²) in [4.78, 5) is 21.0. The van der Waals surface area contributed by atoms with Gasteiger partial charge in [-0.1, -0.05) is 35.9 Å². The number of benzene rings is 2. The first-order valence-corrected chi connectivity index (χ1v) is 13.5. The number of carboxylic acids is 1. The molecule has 0 amide bonds. The van der Waals surface area contributed by atoms with Crippen molar-refractivity contribution in [2.75, 3.05) is 0 Å². The molecule has 220 valence electrons. The maximum absolute atomic E-state index is 13.8. The maximum Gasteiger partial charge on any atom is 0.434 e. The van der Waals surface area contributed by atoms with Gasteiger partial charge in [-0.25, -0.2) is 14.5 Å². The van der Waals surface area contributed by atoms with E-state index in [4.69, 9.17) is 0 Å². The third-order valence-electron chi connectivity index (χ3n) is 6.38. The van der Waals surface area contributed by atoms with Crippen molar-refractivity contribution >= 4 is 17.7 Å². The number of hydrogen-bond donors (Lipinski definition) is 1. The van der Waals surface area contributed by atoms with Crippen molar-refractivity contribution < 1.29 is 36.2 Å². The van der Waals surface area contributed by atoms with Crippen LogP contribution in [0.4, 0.5) is 26.3 Å². The topological polar surface area (TPSA) is 80.9 Å². The Labute approximate surface area is 245 Å². The molecule has 0 atom stereocenters. The Hall–Kier alpha value is -4.65. The van der Waals surface area contributed by atoms with Gasteiger partial charge in [-0.3, -0.25) is 4.98 Å². The highest BCUT2D eigenvalue weighted by Gasteiger charge is 2.41. The van der Waals surface area contributed by atoms with Crippen LogP contribution in [0.3, 0.4) is 0 Å². The fraction of sp³-hybridized carbons (Fsp3) is 0.133. The molecule has 0 aliphatic heterocycles. The third-order valence-corrected chi connectivity index (χ3v) is 7.48. The van der Waals surface area contributed by atoms with Crippen molar-refractivity contribution in [2.45, 2.75) is 29.9 Å². The van der Waals surface area contributed by atoms with Crippen LogP contribution in [-0.2, 0) is 18.1 Å². The summed E-state index contributed by atoms with van der Waals surface area (Å²) in [5.74, 6) is -1.54. The smallest absolute Gasteiger partial charge is 0.434 e. The number of thioether (sulfide) groups is 1. The average molecular weight is 615 g/mol. The predicted octanol–water partition coefficient (Wildman–Crippen LogP) is 8.33. The van der Waals surface area contributed by atoms with E-state index < -0.39 is 35.1 Å². The monoisotopic (exact) mass is 614 g/mol. The molecule has 3 aromatic heterocycles. The molecule has 0 saturated carbocycles. The van der Waals surface area contributed by atoms with E-state index in [0.717, 1.165) is 22.6 Å². The van der Waals surface area contributed by atoms with Gasteiger partial charge in [0.1, 0.15) is 5.56 Å². The molecule has 0 unspecified atom stereocenters. The summed E-state index contributed by atoms with van der Waals surface area (Å²) in [7, 11) is 0. The molecule has 0 radical (unpaired) electrons. The summed E-state index contributed by atoms with van der Waals surface area (Å²) in [5.41, 5.74) is 0.673. The van der Waals surface area contributed by atoms with Gasteiger partial charge in [0.15, 0.2) is 11.5 Å². The highest BCUT2D eigenvalue weighted by Crippen LogP contribution is 2.36. The van der Waals surface area contributed by atoms with Gasteiger partial charge in [0.25, 0.3) is 0 Å². The van der Waals surface area contributed by atoms with Crippen LogP contribution >= 0.6 is 11.8 Å². The lowest BCUT2D eigenvalue weighted by molar-refractivity contribution is -0.143. The van der Waals surface area contributed by atoms with E-state index in [9.17, 15) is 36.2 Å². The van der Waals surface area contributed by atoms with Crippen molar-refractivity contribution in [1.82, 2.24) is 19.7 Å². The van der Waals surface area contributed by atoms with Crippen molar-refractivity contribution in [1.29, 1.82) is 0 Å². The minimum absolute atomic E-state index is 0.199. The highest BCUT2D eigenvalue weighted by molar-refractivity contribution is 7.98. The number of carbonyl (C=O) groups is 1. The molecule has 6 nitrogen and oxygen atoms in total. The van der Waals surface area contributed by atoms with Crippen LogP contribution in [-0.4, -0.2) is 30.8 Å². The number of alkyl halides is 6. The lowest BCUT2D eigenvalue weighted by Gasteiger charge is -2.14. The first-order valence-electron chi connectivity index (χ1n) is 12.5. The molecule has 1 N–H and O–H groups in total. The van der Waals surface area contributed by atoms with E-state index in [1.807, 2.05) is 25.1 Å². The molecule has 5 rings (SSSR count). The van der Waals surface area contributed by atoms with Crippen LogP contribution in [0.1, 0.15) is 32.9 Å². The molecular formula is C30H20F6N4O2S. The largest absolute Gasteiger partial charge is 0.478 e. The second-order valence-corrected chi connectivity index (χ2v) is 10.4. The number of pyridine rings is 2. The first kappa shape index (κ1) is 29.8. The Bertz CT molecular complexity index is 1780. The maximum atomic E-state index is 13.8. The fourth-order valence-corrected chi connectivity index (χ4v) is 5.25. The molecule has 0 fully saturated rings. The molecule has 0 bridgehead atoms. The zero-order valence-corrected chi connectivity index (χ0v) is 22.9. The van der Waals surface area contributed by atoms with E-state index >= 15 is 0 Å². The summed E-state index contributed by atoms with van der Waals surface area (Å²) >= 11 is 1.42. The van der Waals surface area contributed by atoms with Crippen LogP contribution in [0.25, 0.3) is 28.2 Å². The van der Waals surface area contributed by atoms with Gasteiger partial charge in [0.05, 0.1) is 23.1 Å². The van der Waals surface area contributed by atoms with Crippen molar-refractivity contribution in [3.63, 3.8) is 0 Å². The number of rotatable bonds is 7. The predicted molar refractivity (Wildman–Crippen MR) is 148 cm³/mol. The summed E-state index contributed by atoms with van der Waals surface area (Å²) < 4.78 is 80.4. The summed E-state index contributed by atoms with van der Waals surface area (Å²) in [6, 6.07) is 18.4. The molecule has 0 saturated heterocycles. The summed E-state index contributed by atoms with van der Waals surface area (Å²) in [5, 5.41) is 12.9. The second kappa shape index (κ2) is 11.6. The van der Waals surface area contributed by atoms with Crippen LogP contribution in [0.5, 0.6) is 0 Å². The standard InChI is InChI=1S/C30H20F6N4O2S/c1-17-5-12-25(43-16-21-11-8-19(14-37-21)18-6-9-20(10-7-18)29(31,32)33)22(13-17)24-3-2-4-26(39-24)40-27(30(34,35)36)23(15-38-40)28(41)42/h2-15H,16H2,1H3,(H,41,42). The molecule has 2 aromatic carbocycles. The van der Waals surface area contributed by atoms with Crippen LogP contribution < -0.4 is 0 Å². The molecule has 0 aliphatic carbocycles. The third kappa shape index (κ3) is 6.56. The van der Waals surface area contributed by atoms with E-state index in [2.05, 4.69) is 15.1 Å². The van der Waals surface area contributed by atoms with Crippen LogP contribution in [0.2, 0.25) is 0 Å². The van der Waals surface area contributed by atoms with E-state index in [-0.39, 0.29) is 5.82 Å². The van der Waals surface area contributed by atoms with Gasteiger partial charge in [-0.15, -0.1) is 11.8 Å². The van der Waals surface area contributed by atoms with Crippen LogP contribution in [0, 0.1) is 6.92 Å². The average Bonchev–Trinajstić information content (AvgIpc) is 3.43. The second-order valence-electron chi connectivity index (χ2n) is 9.40. The summed E-state index contributed by atoms with van der Waals surface area (Å²) in [6.07, 6.45) is -7.18. The zero-order chi connectivity index (χ0) is 30.9. The first-order chi connectivity index (χ1) is 20.3. The van der Waals surface area contributed by atoms with Gasteiger partial charge >= 0.3 is 18.3 Å². The van der Waals surface area contributed by atoms with Crippen molar-refractivity contribution in [2.24, 2.45) is 0 Å². The molecule has 5 aromatic rings. The van der Waals surface area contributed by atoms with Gasteiger partial charge in [-0.2, -0.15) is 31.4 Å². The normalized spacial score (nSPS) is 12.0. The van der Waals surface area contributed by atoms with Gasteiger partial charge in [0, 0.05) is 28.0 Å². The Morgan fingerprint density at radius 1 is 0.884 bits per heavy atom. The van der Waals surface area contributed by atoms with E-state index in [0.29, 0.717) is 44.7 Å². The van der Waals surface area contributed by atoms with Crippen molar-refractivity contribution in [3.8, 4) is 28.2 Å². The van der Waals surface area contributed by atoms with E-state index in [1.54, 1.807) is 24.4 Å². The minimum Gasteiger partial charge on any atom is -0.478 e. The molecule has 43 heavy (non-hydrogen) atoms. The van der Waals surface area contributed by atoms with E-state index in [1.165, 1.54) is 36.0 Å². The number of aryl methyl sites for hydroxylation is 1. The zero-order valence-electron chi connectivity index (χ0n) is 22.1. The molecule has 13 heteroatoms. The number of nitrogens with zero attached hydrogens (tertiary/aromatic N) is 4. The number of aromatic carboxylic acids is 1. The Morgan fingerprint density at radius 2 is 1.60 bits per heavy atom. The molecular weight excluding hydrogens is 594 g/mol. The quantitative estimate of drug-likeness (QED) is 0.147. The fourth-order valence-electron chi connectivity index (χ4n) is 4.30. The Balaban J connectivity index is 1.39. The molecule has 0 aliphatic rings. The number of carboxylic acid groups (broad SMARTS) is 1. The van der Waals surface area contributed by atoms with Gasteiger partial charge < -0.3 is 5.11 Å². The van der Waals surface area contributed by atoms with Gasteiger partial charge in [-0.05, 0) is 55.0 Å².